The molecule has 0 saturated carbocycles. The first-order chi connectivity index (χ1) is 13.9. The Balaban J connectivity index is 1.58. The van der Waals surface area contributed by atoms with Gasteiger partial charge in [-0.05, 0) is 43.7 Å². The first-order valence-corrected chi connectivity index (χ1v) is 11.2. The van der Waals surface area contributed by atoms with Crippen LogP contribution < -0.4 is 14.4 Å². The van der Waals surface area contributed by atoms with Gasteiger partial charge in [0.15, 0.2) is 17.3 Å². The van der Waals surface area contributed by atoms with Crippen molar-refractivity contribution < 1.29 is 22.7 Å². The van der Waals surface area contributed by atoms with Gasteiger partial charge in [0.05, 0.1) is 6.61 Å². The van der Waals surface area contributed by atoms with Crippen LogP contribution in [-0.2, 0) is 14.8 Å². The summed E-state index contributed by atoms with van der Waals surface area (Å²) in [4.78, 5) is 14.4. The van der Waals surface area contributed by atoms with Crippen molar-refractivity contribution in [1.82, 2.24) is 4.31 Å². The van der Waals surface area contributed by atoms with Gasteiger partial charge in [-0.3, -0.25) is 4.79 Å². The van der Waals surface area contributed by atoms with Gasteiger partial charge in [-0.1, -0.05) is 24.3 Å². The number of piperazine rings is 1. The molecular formula is C21H26N2O5S. The van der Waals surface area contributed by atoms with Crippen molar-refractivity contribution in [2.45, 2.75) is 13.8 Å². The van der Waals surface area contributed by atoms with Crippen molar-refractivity contribution in [2.75, 3.05) is 43.4 Å². The molecule has 0 atom stereocenters. The monoisotopic (exact) mass is 418 g/mol. The molecule has 1 fully saturated rings. The zero-order valence-electron chi connectivity index (χ0n) is 16.7. The van der Waals surface area contributed by atoms with Crippen LogP contribution in [0.2, 0.25) is 0 Å². The molecular weight excluding hydrogens is 392 g/mol. The number of carbonyl (C=O) groups excluding carboxylic acids is 1. The molecule has 29 heavy (non-hydrogen) atoms. The quantitative estimate of drug-likeness (QED) is 0.508. The normalized spacial score (nSPS) is 15.2. The van der Waals surface area contributed by atoms with Crippen LogP contribution in [0, 0.1) is 6.92 Å². The molecule has 1 aliphatic rings. The number of nitrogens with zero attached hydrogens (tertiary/aromatic N) is 2. The Hall–Kier alpha value is -2.58. The van der Waals surface area contributed by atoms with E-state index in [4.69, 9.17) is 9.47 Å². The maximum absolute atomic E-state index is 12.7. The summed E-state index contributed by atoms with van der Waals surface area (Å²) >= 11 is 0. The predicted molar refractivity (Wildman–Crippen MR) is 112 cm³/mol. The lowest BCUT2D eigenvalue weighted by Crippen LogP contribution is -2.50. The first-order valence-electron chi connectivity index (χ1n) is 9.61. The van der Waals surface area contributed by atoms with Gasteiger partial charge >= 0.3 is 5.97 Å². The van der Waals surface area contributed by atoms with E-state index in [1.807, 2.05) is 32.0 Å². The Morgan fingerprint density at radius 2 is 1.69 bits per heavy atom. The fourth-order valence-electron chi connectivity index (χ4n) is 3.25. The van der Waals surface area contributed by atoms with E-state index in [9.17, 15) is 13.2 Å². The van der Waals surface area contributed by atoms with Crippen LogP contribution in [0.25, 0.3) is 0 Å². The minimum atomic E-state index is -3.75. The highest BCUT2D eigenvalue weighted by Gasteiger charge is 2.30. The molecule has 0 spiro atoms. The number of ether oxygens (including phenoxy) is 2. The Bertz CT molecular complexity index is 953. The van der Waals surface area contributed by atoms with Crippen molar-refractivity contribution in [3.8, 4) is 11.5 Å². The molecule has 3 rings (SSSR count). The third-order valence-electron chi connectivity index (χ3n) is 4.67. The number of aryl methyl sites for hydroxylation is 1. The topological polar surface area (TPSA) is 76.1 Å². The lowest BCUT2D eigenvalue weighted by atomic mass is 10.2. The second kappa shape index (κ2) is 9.28. The molecule has 0 aromatic heterocycles. The SMILES string of the molecule is CCOc1ccccc1OC(=O)CS(=O)(=O)N1CCN(c2cccc(C)c2)CC1. The van der Waals surface area contributed by atoms with Crippen LogP contribution in [0.3, 0.4) is 0 Å². The Morgan fingerprint density at radius 1 is 1.00 bits per heavy atom. The number of rotatable bonds is 7. The molecule has 0 unspecified atom stereocenters. The van der Waals surface area contributed by atoms with Crippen LogP contribution in [0.1, 0.15) is 12.5 Å². The van der Waals surface area contributed by atoms with Gasteiger partial charge in [-0.15, -0.1) is 0 Å². The Kier molecular flexibility index (Phi) is 6.76. The summed E-state index contributed by atoms with van der Waals surface area (Å²) in [6.45, 7) is 6.07. The van der Waals surface area contributed by atoms with E-state index in [0.717, 1.165) is 11.3 Å². The summed E-state index contributed by atoms with van der Waals surface area (Å²) in [5.74, 6) is -0.887. The van der Waals surface area contributed by atoms with E-state index in [2.05, 4.69) is 11.0 Å². The number of anilines is 1. The molecule has 2 aromatic rings. The number of benzene rings is 2. The fraction of sp³-hybridized carbons (Fsp3) is 0.381. The third-order valence-corrected chi connectivity index (χ3v) is 6.42. The highest BCUT2D eigenvalue weighted by molar-refractivity contribution is 7.89. The summed E-state index contributed by atoms with van der Waals surface area (Å²) in [6, 6.07) is 14.8. The lowest BCUT2D eigenvalue weighted by Gasteiger charge is -2.35. The van der Waals surface area contributed by atoms with Crippen molar-refractivity contribution in [3.05, 3.63) is 54.1 Å². The van der Waals surface area contributed by atoms with Crippen molar-refractivity contribution >= 4 is 21.7 Å². The minimum absolute atomic E-state index is 0.221. The van der Waals surface area contributed by atoms with Crippen molar-refractivity contribution in [1.29, 1.82) is 0 Å². The van der Waals surface area contributed by atoms with Gasteiger partial charge < -0.3 is 14.4 Å². The van der Waals surface area contributed by atoms with Crippen LogP contribution in [0.15, 0.2) is 48.5 Å². The first kappa shape index (κ1) is 21.1. The molecule has 8 heteroatoms. The Labute approximate surface area is 171 Å². The molecule has 1 heterocycles. The van der Waals surface area contributed by atoms with Crippen LogP contribution in [-0.4, -0.2) is 57.2 Å². The molecule has 0 amide bonds. The second-order valence-electron chi connectivity index (χ2n) is 6.84. The Morgan fingerprint density at radius 3 is 2.34 bits per heavy atom. The van der Waals surface area contributed by atoms with Gasteiger partial charge in [-0.2, -0.15) is 4.31 Å². The van der Waals surface area contributed by atoms with Gasteiger partial charge in [-0.25, -0.2) is 8.42 Å². The minimum Gasteiger partial charge on any atom is -0.490 e. The average Bonchev–Trinajstić information content (AvgIpc) is 2.69. The smallest absolute Gasteiger partial charge is 0.328 e. The fourth-order valence-corrected chi connectivity index (χ4v) is 4.51. The molecule has 7 nitrogen and oxygen atoms in total. The van der Waals surface area contributed by atoms with E-state index in [0.29, 0.717) is 38.5 Å². The number of esters is 1. The summed E-state index contributed by atoms with van der Waals surface area (Å²) in [5, 5.41) is 0. The zero-order valence-corrected chi connectivity index (χ0v) is 17.5. The van der Waals surface area contributed by atoms with E-state index < -0.39 is 21.7 Å². The number of hydrogen-bond donors (Lipinski definition) is 0. The number of carbonyl (C=O) groups is 1. The number of sulfonamides is 1. The van der Waals surface area contributed by atoms with Crippen LogP contribution >= 0.6 is 0 Å². The summed E-state index contributed by atoms with van der Waals surface area (Å²) in [6.07, 6.45) is 0. The third kappa shape index (κ3) is 5.48. The van der Waals surface area contributed by atoms with Gasteiger partial charge in [0.2, 0.25) is 10.0 Å². The summed E-state index contributed by atoms with van der Waals surface area (Å²) in [5.41, 5.74) is 2.24. The maximum Gasteiger partial charge on any atom is 0.328 e. The largest absolute Gasteiger partial charge is 0.490 e. The van der Waals surface area contributed by atoms with Crippen molar-refractivity contribution in [2.24, 2.45) is 0 Å². The number of hydrogen-bond acceptors (Lipinski definition) is 6. The highest BCUT2D eigenvalue weighted by atomic mass is 32.2. The summed E-state index contributed by atoms with van der Waals surface area (Å²) in [7, 11) is -3.75. The van der Waals surface area contributed by atoms with E-state index in [1.54, 1.807) is 24.3 Å². The second-order valence-corrected chi connectivity index (χ2v) is 8.80. The molecule has 2 aromatic carbocycles. The molecule has 0 N–H and O–H groups in total. The van der Waals surface area contributed by atoms with Gasteiger partial charge in [0.1, 0.15) is 0 Å². The lowest BCUT2D eigenvalue weighted by molar-refractivity contribution is -0.131. The predicted octanol–water partition coefficient (Wildman–Crippen LogP) is 2.45. The van der Waals surface area contributed by atoms with E-state index in [1.165, 1.54) is 4.31 Å². The molecule has 0 aliphatic carbocycles. The standard InChI is InChI=1S/C21H26N2O5S/c1-3-27-19-9-4-5-10-20(19)28-21(24)16-29(25,26)23-13-11-22(12-14-23)18-8-6-7-17(2)15-18/h4-10,15H,3,11-14,16H2,1-2H3. The molecule has 0 bridgehead atoms. The molecule has 1 saturated heterocycles. The van der Waals surface area contributed by atoms with E-state index >= 15 is 0 Å². The molecule has 156 valence electrons. The van der Waals surface area contributed by atoms with Crippen molar-refractivity contribution in [3.63, 3.8) is 0 Å². The maximum atomic E-state index is 12.7. The number of para-hydroxylation sites is 2. The highest BCUT2D eigenvalue weighted by Crippen LogP contribution is 2.26. The van der Waals surface area contributed by atoms with Gasteiger partial charge in [0, 0.05) is 31.9 Å². The van der Waals surface area contributed by atoms with Crippen LogP contribution in [0.5, 0.6) is 11.5 Å². The zero-order chi connectivity index (χ0) is 20.9. The molecule has 1 aliphatic heterocycles. The van der Waals surface area contributed by atoms with E-state index in [-0.39, 0.29) is 5.75 Å². The van der Waals surface area contributed by atoms with Gasteiger partial charge in [0.25, 0.3) is 0 Å². The average molecular weight is 419 g/mol. The molecule has 0 radical (unpaired) electrons. The van der Waals surface area contributed by atoms with Crippen LogP contribution in [0.4, 0.5) is 5.69 Å². The summed E-state index contributed by atoms with van der Waals surface area (Å²) < 4.78 is 37.3.